The van der Waals surface area contributed by atoms with Gasteiger partial charge in [-0.3, -0.25) is 14.4 Å². The van der Waals surface area contributed by atoms with Gasteiger partial charge in [0.15, 0.2) is 0 Å². The number of fused-ring (bicyclic) bond motifs is 1. The Morgan fingerprint density at radius 1 is 1.26 bits per heavy atom. The second-order valence-electron chi connectivity index (χ2n) is 9.26. The van der Waals surface area contributed by atoms with Gasteiger partial charge in [0.2, 0.25) is 5.91 Å². The van der Waals surface area contributed by atoms with E-state index in [1.165, 1.54) is 4.90 Å². The molecule has 2 heterocycles. The molecule has 1 aromatic carbocycles. The fraction of sp³-hybridized carbons (Fsp3) is 0.609. The molecular weight excluding hydrogens is 398 g/mol. The maximum Gasteiger partial charge on any atom is 0.306 e. The minimum Gasteiger partial charge on any atom is -0.496 e. The third-order valence-corrected chi connectivity index (χ3v) is 5.80. The molecule has 3 N–H and O–H groups in total. The van der Waals surface area contributed by atoms with Gasteiger partial charge >= 0.3 is 5.97 Å². The fourth-order valence-corrected chi connectivity index (χ4v) is 4.37. The molecule has 0 saturated carbocycles. The van der Waals surface area contributed by atoms with Crippen LogP contribution in [-0.4, -0.2) is 54.5 Å². The van der Waals surface area contributed by atoms with E-state index in [-0.39, 0.29) is 25.3 Å². The summed E-state index contributed by atoms with van der Waals surface area (Å²) in [4.78, 5) is 39.0. The summed E-state index contributed by atoms with van der Waals surface area (Å²) in [5.41, 5.74) is 7.47. The molecule has 0 spiro atoms. The zero-order chi connectivity index (χ0) is 22.8. The van der Waals surface area contributed by atoms with Gasteiger partial charge in [0, 0.05) is 13.0 Å². The predicted molar refractivity (Wildman–Crippen MR) is 116 cm³/mol. The largest absolute Gasteiger partial charge is 0.496 e. The zero-order valence-corrected chi connectivity index (χ0v) is 18.8. The number of carbonyl (C=O) groups excluding carboxylic acids is 3. The minimum absolute atomic E-state index is 0.00244. The van der Waals surface area contributed by atoms with Gasteiger partial charge < -0.3 is 25.4 Å². The van der Waals surface area contributed by atoms with Crippen molar-refractivity contribution in [3.8, 4) is 5.75 Å². The predicted octanol–water partition coefficient (Wildman–Crippen LogP) is 2.09. The van der Waals surface area contributed by atoms with Crippen molar-refractivity contribution in [2.75, 3.05) is 20.2 Å². The molecule has 3 rings (SSSR count). The van der Waals surface area contributed by atoms with Gasteiger partial charge in [-0.05, 0) is 76.2 Å². The number of esters is 1. The lowest BCUT2D eigenvalue weighted by atomic mass is 9.88. The van der Waals surface area contributed by atoms with Gasteiger partial charge in [-0.1, -0.05) is 6.07 Å². The molecule has 0 aromatic heterocycles. The highest BCUT2D eigenvalue weighted by molar-refractivity contribution is 6.03. The van der Waals surface area contributed by atoms with E-state index >= 15 is 0 Å². The van der Waals surface area contributed by atoms with E-state index in [0.29, 0.717) is 17.2 Å². The van der Waals surface area contributed by atoms with Crippen LogP contribution in [0.5, 0.6) is 5.75 Å². The maximum absolute atomic E-state index is 13.2. The van der Waals surface area contributed by atoms with Crippen LogP contribution in [0.2, 0.25) is 0 Å². The molecule has 1 saturated heterocycles. The molecule has 0 bridgehead atoms. The molecule has 1 fully saturated rings. The molecule has 1 atom stereocenters. The van der Waals surface area contributed by atoms with E-state index in [2.05, 4.69) is 11.4 Å². The van der Waals surface area contributed by atoms with E-state index in [1.54, 1.807) is 27.9 Å². The molecule has 31 heavy (non-hydrogen) atoms. The molecule has 8 nitrogen and oxygen atoms in total. The molecule has 2 aliphatic heterocycles. The summed E-state index contributed by atoms with van der Waals surface area (Å²) in [6.45, 7) is 7.54. The van der Waals surface area contributed by atoms with Crippen molar-refractivity contribution in [2.45, 2.75) is 70.6 Å². The Labute approximate surface area is 183 Å². The highest BCUT2D eigenvalue weighted by Gasteiger charge is 2.38. The molecule has 8 heteroatoms. The number of piperidine rings is 1. The van der Waals surface area contributed by atoms with Crippen LogP contribution in [0.25, 0.3) is 0 Å². The first kappa shape index (κ1) is 23.1. The van der Waals surface area contributed by atoms with Gasteiger partial charge in [0.05, 0.1) is 12.7 Å². The Balaban J connectivity index is 1.80. The number of nitrogens with one attached hydrogen (secondary N) is 1. The lowest BCUT2D eigenvalue weighted by Gasteiger charge is -2.26. The lowest BCUT2D eigenvalue weighted by Crippen LogP contribution is -2.45. The first-order valence-corrected chi connectivity index (χ1v) is 10.8. The molecule has 170 valence electrons. The summed E-state index contributed by atoms with van der Waals surface area (Å²) in [5, 5.41) is 3.36. The minimum atomic E-state index is -0.889. The summed E-state index contributed by atoms with van der Waals surface area (Å²) in [7, 11) is 1.55. The molecule has 1 unspecified atom stereocenters. The third-order valence-electron chi connectivity index (χ3n) is 5.80. The Hall–Kier alpha value is -2.61. The topological polar surface area (TPSA) is 111 Å². The van der Waals surface area contributed by atoms with E-state index < -0.39 is 23.5 Å². The number of hydrogen-bond acceptors (Lipinski definition) is 6. The SMILES string of the molecule is COc1cc(C2CCNCC2)cc2c1C(=O)N(C(CCC(=O)OC(C)(C)C)C(N)=O)C2. The van der Waals surface area contributed by atoms with E-state index in [4.69, 9.17) is 15.2 Å². The number of rotatable bonds is 7. The van der Waals surface area contributed by atoms with Crippen LogP contribution in [0.15, 0.2) is 12.1 Å². The highest BCUT2D eigenvalue weighted by atomic mass is 16.6. The average Bonchev–Trinajstić information content (AvgIpc) is 3.03. The number of benzene rings is 1. The van der Waals surface area contributed by atoms with Crippen molar-refractivity contribution >= 4 is 17.8 Å². The van der Waals surface area contributed by atoms with Crippen molar-refractivity contribution < 1.29 is 23.9 Å². The summed E-state index contributed by atoms with van der Waals surface area (Å²) < 4.78 is 10.9. The molecular formula is C23H33N3O5. The summed E-state index contributed by atoms with van der Waals surface area (Å²) >= 11 is 0. The van der Waals surface area contributed by atoms with Crippen molar-refractivity contribution in [3.63, 3.8) is 0 Å². The van der Waals surface area contributed by atoms with Crippen molar-refractivity contribution in [2.24, 2.45) is 5.73 Å². The van der Waals surface area contributed by atoms with E-state index in [0.717, 1.165) is 37.1 Å². The average molecular weight is 432 g/mol. The summed E-state index contributed by atoms with van der Waals surface area (Å²) in [5.74, 6) is -0.426. The molecule has 2 aliphatic rings. The Kier molecular flexibility index (Phi) is 6.89. The van der Waals surface area contributed by atoms with Crippen LogP contribution in [0.1, 0.15) is 73.9 Å². The Morgan fingerprint density at radius 3 is 2.52 bits per heavy atom. The summed E-state index contributed by atoms with van der Waals surface area (Å²) in [6.07, 6.45) is 2.18. The summed E-state index contributed by atoms with van der Waals surface area (Å²) in [6, 6.07) is 3.10. The standard InChI is InChI=1S/C23H33N3O5/c1-23(2,3)31-19(27)6-5-17(21(24)28)26-13-16-11-15(14-7-9-25-10-8-14)12-18(30-4)20(16)22(26)29/h11-12,14,17,25H,5-10,13H2,1-4H3,(H2,24,28). The first-order chi connectivity index (χ1) is 14.6. The molecule has 2 amide bonds. The fourth-order valence-electron chi connectivity index (χ4n) is 4.37. The van der Waals surface area contributed by atoms with Gasteiger partial charge in [-0.2, -0.15) is 0 Å². The van der Waals surface area contributed by atoms with Crippen LogP contribution in [0.3, 0.4) is 0 Å². The number of carbonyl (C=O) groups is 3. The van der Waals surface area contributed by atoms with Crippen LogP contribution in [0, 0.1) is 0 Å². The van der Waals surface area contributed by atoms with Crippen LogP contribution in [0.4, 0.5) is 0 Å². The smallest absolute Gasteiger partial charge is 0.306 e. The van der Waals surface area contributed by atoms with Crippen molar-refractivity contribution in [3.05, 3.63) is 28.8 Å². The Morgan fingerprint density at radius 2 is 1.94 bits per heavy atom. The number of methoxy groups -OCH3 is 1. The molecule has 0 aliphatic carbocycles. The quantitative estimate of drug-likeness (QED) is 0.640. The van der Waals surface area contributed by atoms with Crippen LogP contribution < -0.4 is 15.8 Å². The van der Waals surface area contributed by atoms with Crippen molar-refractivity contribution in [1.82, 2.24) is 10.2 Å². The molecule has 1 aromatic rings. The third kappa shape index (κ3) is 5.36. The zero-order valence-electron chi connectivity index (χ0n) is 18.8. The van der Waals surface area contributed by atoms with E-state index in [1.807, 2.05) is 6.07 Å². The van der Waals surface area contributed by atoms with Gasteiger partial charge in [-0.15, -0.1) is 0 Å². The second-order valence-corrected chi connectivity index (χ2v) is 9.26. The highest BCUT2D eigenvalue weighted by Crippen LogP contribution is 2.37. The number of ether oxygens (including phenoxy) is 2. The van der Waals surface area contributed by atoms with Crippen LogP contribution in [-0.2, 0) is 20.9 Å². The van der Waals surface area contributed by atoms with Gasteiger partial charge in [0.25, 0.3) is 5.91 Å². The number of nitrogens with zero attached hydrogens (tertiary/aromatic N) is 1. The van der Waals surface area contributed by atoms with Gasteiger partial charge in [-0.25, -0.2) is 0 Å². The van der Waals surface area contributed by atoms with Crippen molar-refractivity contribution in [1.29, 1.82) is 0 Å². The maximum atomic E-state index is 13.2. The number of hydrogen-bond donors (Lipinski definition) is 2. The Bertz CT molecular complexity index is 856. The van der Waals surface area contributed by atoms with E-state index in [9.17, 15) is 14.4 Å². The van der Waals surface area contributed by atoms with Crippen LogP contribution >= 0.6 is 0 Å². The number of primary amides is 1. The monoisotopic (exact) mass is 431 g/mol. The normalized spacial score (nSPS) is 17.9. The first-order valence-electron chi connectivity index (χ1n) is 10.8. The number of amides is 2. The lowest BCUT2D eigenvalue weighted by molar-refractivity contribution is -0.155. The molecule has 0 radical (unpaired) electrons. The van der Waals surface area contributed by atoms with Gasteiger partial charge in [0.1, 0.15) is 17.4 Å². The second kappa shape index (κ2) is 9.26. The number of nitrogens with two attached hydrogens (primary N) is 1.